The maximum Gasteiger partial charge on any atom is 0.0975 e. The lowest BCUT2D eigenvalue weighted by molar-refractivity contribution is 1.25. The van der Waals surface area contributed by atoms with Crippen molar-refractivity contribution in [3.63, 3.8) is 0 Å². The van der Waals surface area contributed by atoms with Gasteiger partial charge in [-0.3, -0.25) is 4.98 Å². The van der Waals surface area contributed by atoms with E-state index in [0.29, 0.717) is 0 Å². The van der Waals surface area contributed by atoms with Crippen LogP contribution in [0, 0.1) is 27.7 Å². The van der Waals surface area contributed by atoms with Gasteiger partial charge in [-0.25, -0.2) is 4.98 Å². The Hall–Kier alpha value is -4.30. The van der Waals surface area contributed by atoms with Gasteiger partial charge in [-0.2, -0.15) is 0 Å². The molecule has 36 heavy (non-hydrogen) atoms. The van der Waals surface area contributed by atoms with E-state index < -0.39 is 0 Å². The van der Waals surface area contributed by atoms with Gasteiger partial charge >= 0.3 is 0 Å². The fourth-order valence-corrected chi connectivity index (χ4v) is 5.06. The van der Waals surface area contributed by atoms with Gasteiger partial charge in [0.1, 0.15) is 0 Å². The summed E-state index contributed by atoms with van der Waals surface area (Å²) in [4.78, 5) is 9.99. The van der Waals surface area contributed by atoms with Crippen molar-refractivity contribution in [3.8, 4) is 33.5 Å². The highest BCUT2D eigenvalue weighted by atomic mass is 14.8. The van der Waals surface area contributed by atoms with Crippen LogP contribution in [0.1, 0.15) is 22.3 Å². The van der Waals surface area contributed by atoms with Crippen LogP contribution in [0.5, 0.6) is 0 Å². The van der Waals surface area contributed by atoms with Crippen LogP contribution in [0.15, 0.2) is 97.2 Å². The molecule has 2 heteroatoms. The number of rotatable bonds is 3. The van der Waals surface area contributed by atoms with Gasteiger partial charge in [0.2, 0.25) is 0 Å². The monoisotopic (exact) mass is 464 g/mol. The van der Waals surface area contributed by atoms with Gasteiger partial charge in [0.15, 0.2) is 0 Å². The Labute approximate surface area is 212 Å². The minimum atomic E-state index is 0.981. The Kier molecular flexibility index (Phi) is 5.38. The zero-order valence-corrected chi connectivity index (χ0v) is 21.1. The predicted octanol–water partition coefficient (Wildman–Crippen LogP) is 9.02. The van der Waals surface area contributed by atoms with E-state index in [0.717, 1.165) is 22.3 Å². The molecule has 174 valence electrons. The average molecular weight is 465 g/mol. The standard InChI is InChI=1S/C34H28N2/c1-21-20-35-33-30(22(21)2)18-19-31-23(3)24(4)32(36-34(31)33)29-16-14-28(15-17-29)27-12-10-26(11-13-27)25-8-6-5-7-9-25/h5-20H,1-4H3. The molecule has 0 aliphatic rings. The summed E-state index contributed by atoms with van der Waals surface area (Å²) in [7, 11) is 0. The van der Waals surface area contributed by atoms with E-state index in [-0.39, 0.29) is 0 Å². The van der Waals surface area contributed by atoms with Gasteiger partial charge in [0, 0.05) is 22.5 Å². The fraction of sp³-hybridized carbons (Fsp3) is 0.118. The lowest BCUT2D eigenvalue weighted by Gasteiger charge is -2.15. The number of hydrogen-bond acceptors (Lipinski definition) is 2. The maximum atomic E-state index is 5.19. The number of pyridine rings is 2. The zero-order chi connectivity index (χ0) is 24.8. The van der Waals surface area contributed by atoms with Gasteiger partial charge < -0.3 is 0 Å². The first-order chi connectivity index (χ1) is 17.5. The third-order valence-corrected chi connectivity index (χ3v) is 7.56. The molecule has 0 atom stereocenters. The first kappa shape index (κ1) is 22.2. The van der Waals surface area contributed by atoms with Gasteiger partial charge in [-0.05, 0) is 72.2 Å². The summed E-state index contributed by atoms with van der Waals surface area (Å²) < 4.78 is 0. The highest BCUT2D eigenvalue weighted by Gasteiger charge is 2.15. The Balaban J connectivity index is 1.41. The van der Waals surface area contributed by atoms with E-state index >= 15 is 0 Å². The van der Waals surface area contributed by atoms with Gasteiger partial charge in [-0.1, -0.05) is 91.0 Å². The summed E-state index contributed by atoms with van der Waals surface area (Å²) >= 11 is 0. The van der Waals surface area contributed by atoms with Crippen LogP contribution in [0.3, 0.4) is 0 Å². The van der Waals surface area contributed by atoms with Crippen molar-refractivity contribution in [1.82, 2.24) is 9.97 Å². The lowest BCUT2D eigenvalue weighted by Crippen LogP contribution is -1.97. The molecule has 0 amide bonds. The van der Waals surface area contributed by atoms with Crippen molar-refractivity contribution in [2.75, 3.05) is 0 Å². The maximum absolute atomic E-state index is 5.19. The van der Waals surface area contributed by atoms with E-state index in [4.69, 9.17) is 9.97 Å². The predicted molar refractivity (Wildman–Crippen MR) is 152 cm³/mol. The molecule has 2 heterocycles. The number of aromatic nitrogens is 2. The highest BCUT2D eigenvalue weighted by molar-refractivity contribution is 6.06. The van der Waals surface area contributed by atoms with Crippen molar-refractivity contribution < 1.29 is 0 Å². The van der Waals surface area contributed by atoms with Gasteiger partial charge in [0.05, 0.1) is 16.7 Å². The van der Waals surface area contributed by atoms with E-state index in [1.54, 1.807) is 0 Å². The highest BCUT2D eigenvalue weighted by Crippen LogP contribution is 2.34. The van der Waals surface area contributed by atoms with E-state index in [1.165, 1.54) is 55.3 Å². The Morgan fingerprint density at radius 1 is 0.444 bits per heavy atom. The molecule has 0 saturated heterocycles. The first-order valence-corrected chi connectivity index (χ1v) is 12.4. The van der Waals surface area contributed by atoms with Crippen LogP contribution < -0.4 is 0 Å². The minimum Gasteiger partial charge on any atom is -0.254 e. The molecule has 0 bridgehead atoms. The molecule has 6 rings (SSSR count). The molecule has 0 aliphatic carbocycles. The molecule has 0 aliphatic heterocycles. The Morgan fingerprint density at radius 2 is 0.944 bits per heavy atom. The molecule has 0 unspecified atom stereocenters. The summed E-state index contributed by atoms with van der Waals surface area (Å²) in [6, 6.07) is 32.4. The number of benzene rings is 4. The molecule has 0 radical (unpaired) electrons. The smallest absolute Gasteiger partial charge is 0.0975 e. The fourth-order valence-electron chi connectivity index (χ4n) is 5.06. The van der Waals surface area contributed by atoms with Crippen LogP contribution in [-0.2, 0) is 0 Å². The molecule has 0 spiro atoms. The molecule has 2 nitrogen and oxygen atoms in total. The van der Waals surface area contributed by atoms with Crippen LogP contribution >= 0.6 is 0 Å². The van der Waals surface area contributed by atoms with Crippen molar-refractivity contribution >= 4 is 21.8 Å². The molecule has 0 saturated carbocycles. The summed E-state index contributed by atoms with van der Waals surface area (Å²) in [6.45, 7) is 8.64. The molecule has 4 aromatic carbocycles. The second kappa shape index (κ2) is 8.73. The van der Waals surface area contributed by atoms with Crippen LogP contribution in [0.2, 0.25) is 0 Å². The first-order valence-electron chi connectivity index (χ1n) is 12.4. The lowest BCUT2D eigenvalue weighted by atomic mass is 9.95. The molecule has 6 aromatic rings. The van der Waals surface area contributed by atoms with E-state index in [1.807, 2.05) is 12.3 Å². The third-order valence-electron chi connectivity index (χ3n) is 7.56. The Morgan fingerprint density at radius 3 is 1.53 bits per heavy atom. The Bertz CT molecular complexity index is 1730. The van der Waals surface area contributed by atoms with Crippen LogP contribution in [0.4, 0.5) is 0 Å². The average Bonchev–Trinajstić information content (AvgIpc) is 2.93. The molecule has 2 aromatic heterocycles. The van der Waals surface area contributed by atoms with Crippen molar-refractivity contribution in [2.24, 2.45) is 0 Å². The molecular weight excluding hydrogens is 436 g/mol. The van der Waals surface area contributed by atoms with Crippen molar-refractivity contribution in [1.29, 1.82) is 0 Å². The molecule has 0 fully saturated rings. The summed E-state index contributed by atoms with van der Waals surface area (Å²) in [6.07, 6.45) is 1.96. The normalized spacial score (nSPS) is 11.3. The minimum absolute atomic E-state index is 0.981. The van der Waals surface area contributed by atoms with Crippen LogP contribution in [-0.4, -0.2) is 9.97 Å². The number of fused-ring (bicyclic) bond motifs is 3. The summed E-state index contributed by atoms with van der Waals surface area (Å²) in [5.41, 5.74) is 13.9. The molecular formula is C34H28N2. The second-order valence-corrected chi connectivity index (χ2v) is 9.66. The third kappa shape index (κ3) is 3.67. The zero-order valence-electron chi connectivity index (χ0n) is 21.1. The number of hydrogen-bond donors (Lipinski definition) is 0. The largest absolute Gasteiger partial charge is 0.254 e. The second-order valence-electron chi connectivity index (χ2n) is 9.66. The SMILES string of the molecule is Cc1cnc2c(ccc3c(C)c(C)c(-c4ccc(-c5ccc(-c6ccccc6)cc5)cc4)nc32)c1C. The van der Waals surface area contributed by atoms with E-state index in [2.05, 4.69) is 113 Å². The quantitative estimate of drug-likeness (QED) is 0.244. The van der Waals surface area contributed by atoms with Crippen molar-refractivity contribution in [2.45, 2.75) is 27.7 Å². The van der Waals surface area contributed by atoms with Gasteiger partial charge in [0.25, 0.3) is 0 Å². The number of aryl methyl sites for hydroxylation is 3. The van der Waals surface area contributed by atoms with Gasteiger partial charge in [-0.15, -0.1) is 0 Å². The summed E-state index contributed by atoms with van der Waals surface area (Å²) in [5, 5.41) is 2.35. The van der Waals surface area contributed by atoms with E-state index in [9.17, 15) is 0 Å². The number of nitrogens with zero attached hydrogens (tertiary/aromatic N) is 2. The molecule has 0 N–H and O–H groups in total. The summed E-state index contributed by atoms with van der Waals surface area (Å²) in [5.74, 6) is 0. The van der Waals surface area contributed by atoms with Crippen molar-refractivity contribution in [3.05, 3.63) is 119 Å². The van der Waals surface area contributed by atoms with Crippen LogP contribution in [0.25, 0.3) is 55.3 Å². The topological polar surface area (TPSA) is 25.8 Å².